The van der Waals surface area contributed by atoms with E-state index in [9.17, 15) is 22.4 Å². The maximum Gasteiger partial charge on any atom is 0.255 e. The minimum Gasteiger partial charge on any atom is -0.317 e. The maximum absolute atomic E-state index is 13.4. The van der Waals surface area contributed by atoms with Gasteiger partial charge in [-0.05, 0) is 34.1 Å². The van der Waals surface area contributed by atoms with Crippen molar-refractivity contribution in [1.29, 1.82) is 0 Å². The number of anilines is 1. The Morgan fingerprint density at radius 1 is 0.950 bits per heavy atom. The topological polar surface area (TPSA) is 29.1 Å². The van der Waals surface area contributed by atoms with Gasteiger partial charge in [0.15, 0.2) is 11.6 Å². The van der Waals surface area contributed by atoms with Crippen molar-refractivity contribution in [1.82, 2.24) is 0 Å². The van der Waals surface area contributed by atoms with Gasteiger partial charge in [0.2, 0.25) is 0 Å². The van der Waals surface area contributed by atoms with Crippen molar-refractivity contribution in [2.75, 3.05) is 5.32 Å². The quantitative estimate of drug-likeness (QED) is 0.808. The predicted molar refractivity (Wildman–Crippen MR) is 68.4 cm³/mol. The predicted octanol–water partition coefficient (Wildman–Crippen LogP) is 4.26. The smallest absolute Gasteiger partial charge is 0.255 e. The van der Waals surface area contributed by atoms with Crippen LogP contribution in [0, 0.1) is 23.3 Å². The molecule has 0 spiro atoms. The van der Waals surface area contributed by atoms with Crippen molar-refractivity contribution in [3.8, 4) is 0 Å². The summed E-state index contributed by atoms with van der Waals surface area (Å²) < 4.78 is 52.5. The van der Waals surface area contributed by atoms with Gasteiger partial charge in [-0.3, -0.25) is 4.79 Å². The summed E-state index contributed by atoms with van der Waals surface area (Å²) in [5, 5.41) is 1.97. The van der Waals surface area contributed by atoms with Crippen molar-refractivity contribution >= 4 is 27.5 Å². The molecule has 0 aliphatic rings. The SMILES string of the molecule is O=C(Nc1c(F)cc(F)cc1F)c1ccc(F)c(Br)c1. The number of carbonyl (C=O) groups is 1. The molecule has 2 rings (SSSR count). The Hall–Kier alpha value is -1.89. The molecule has 0 aliphatic carbocycles. The number of halogens is 5. The molecule has 0 fully saturated rings. The maximum atomic E-state index is 13.4. The largest absolute Gasteiger partial charge is 0.317 e. The van der Waals surface area contributed by atoms with E-state index in [0.29, 0.717) is 12.1 Å². The molecule has 0 saturated heterocycles. The van der Waals surface area contributed by atoms with Gasteiger partial charge in [-0.2, -0.15) is 0 Å². The number of amides is 1. The molecule has 0 radical (unpaired) electrons. The molecule has 2 aromatic rings. The highest BCUT2D eigenvalue weighted by molar-refractivity contribution is 9.10. The Bertz CT molecular complexity index is 667. The van der Waals surface area contributed by atoms with E-state index in [2.05, 4.69) is 15.9 Å². The fourth-order valence-electron chi connectivity index (χ4n) is 1.48. The summed E-state index contributed by atoms with van der Waals surface area (Å²) in [6.07, 6.45) is 0. The first-order chi connectivity index (χ1) is 9.38. The van der Waals surface area contributed by atoms with Crippen molar-refractivity contribution in [2.45, 2.75) is 0 Å². The fraction of sp³-hybridized carbons (Fsp3) is 0. The molecular formula is C13H6BrF4NO. The number of hydrogen-bond acceptors (Lipinski definition) is 1. The Morgan fingerprint density at radius 3 is 2.10 bits per heavy atom. The lowest BCUT2D eigenvalue weighted by molar-refractivity contribution is 0.102. The van der Waals surface area contributed by atoms with E-state index in [1.54, 1.807) is 0 Å². The van der Waals surface area contributed by atoms with E-state index in [-0.39, 0.29) is 10.0 Å². The zero-order valence-electron chi connectivity index (χ0n) is 9.68. The van der Waals surface area contributed by atoms with Gasteiger partial charge in [-0.25, -0.2) is 17.6 Å². The first-order valence-corrected chi connectivity index (χ1v) is 6.08. The Balaban J connectivity index is 2.30. The molecular weight excluding hydrogens is 342 g/mol. The minimum absolute atomic E-state index is 0.0126. The molecule has 0 unspecified atom stereocenters. The van der Waals surface area contributed by atoms with Gasteiger partial charge in [-0.1, -0.05) is 0 Å². The molecule has 0 aromatic heterocycles. The molecule has 2 nitrogen and oxygen atoms in total. The Kier molecular flexibility index (Phi) is 4.08. The van der Waals surface area contributed by atoms with Crippen LogP contribution >= 0.6 is 15.9 Å². The highest BCUT2D eigenvalue weighted by Crippen LogP contribution is 2.22. The van der Waals surface area contributed by atoms with Gasteiger partial charge >= 0.3 is 0 Å². The lowest BCUT2D eigenvalue weighted by Crippen LogP contribution is -2.14. The second kappa shape index (κ2) is 5.62. The molecule has 2 aromatic carbocycles. The molecule has 1 amide bonds. The molecule has 0 atom stereocenters. The van der Waals surface area contributed by atoms with Crippen molar-refractivity contribution in [3.05, 3.63) is 63.6 Å². The zero-order chi connectivity index (χ0) is 14.9. The molecule has 1 N–H and O–H groups in total. The van der Waals surface area contributed by atoms with Gasteiger partial charge in [0.25, 0.3) is 5.91 Å². The second-order valence-corrected chi connectivity index (χ2v) is 4.68. The van der Waals surface area contributed by atoms with Gasteiger partial charge in [0.05, 0.1) is 4.47 Å². The van der Waals surface area contributed by atoms with E-state index in [1.165, 1.54) is 0 Å². The number of benzene rings is 2. The standard InChI is InChI=1S/C13H6BrF4NO/c14-8-3-6(1-2-9(8)16)13(20)19-12-10(17)4-7(15)5-11(12)18/h1-5H,(H,19,20). The van der Waals surface area contributed by atoms with Crippen molar-refractivity contribution in [3.63, 3.8) is 0 Å². The van der Waals surface area contributed by atoms with Crippen LogP contribution in [0.4, 0.5) is 23.2 Å². The summed E-state index contributed by atoms with van der Waals surface area (Å²) in [6.45, 7) is 0. The van der Waals surface area contributed by atoms with Crippen LogP contribution in [-0.4, -0.2) is 5.91 Å². The summed E-state index contributed by atoms with van der Waals surface area (Å²) >= 11 is 2.89. The third-order valence-corrected chi connectivity index (χ3v) is 3.03. The molecule has 104 valence electrons. The van der Waals surface area contributed by atoms with Gasteiger partial charge in [-0.15, -0.1) is 0 Å². The second-order valence-electron chi connectivity index (χ2n) is 3.83. The normalized spacial score (nSPS) is 10.4. The Morgan fingerprint density at radius 2 is 1.55 bits per heavy atom. The molecule has 0 bridgehead atoms. The number of carbonyl (C=O) groups excluding carboxylic acids is 1. The summed E-state index contributed by atoms with van der Waals surface area (Å²) in [6, 6.07) is 4.22. The van der Waals surface area contributed by atoms with Crippen LogP contribution in [-0.2, 0) is 0 Å². The van der Waals surface area contributed by atoms with E-state index in [1.807, 2.05) is 5.32 Å². The molecule has 20 heavy (non-hydrogen) atoms. The van der Waals surface area contributed by atoms with Gasteiger partial charge < -0.3 is 5.32 Å². The number of rotatable bonds is 2. The summed E-state index contributed by atoms with van der Waals surface area (Å²) in [5.74, 6) is -5.01. The lowest BCUT2D eigenvalue weighted by atomic mass is 10.2. The van der Waals surface area contributed by atoms with E-state index < -0.39 is 34.9 Å². The summed E-state index contributed by atoms with van der Waals surface area (Å²) in [4.78, 5) is 11.8. The average Bonchev–Trinajstić information content (AvgIpc) is 2.36. The molecule has 0 heterocycles. The van der Waals surface area contributed by atoms with Crippen LogP contribution in [0.15, 0.2) is 34.8 Å². The number of nitrogens with one attached hydrogen (secondary N) is 1. The minimum atomic E-state index is -1.24. The van der Waals surface area contributed by atoms with Crippen LogP contribution in [0.5, 0.6) is 0 Å². The zero-order valence-corrected chi connectivity index (χ0v) is 11.3. The van der Waals surface area contributed by atoms with Gasteiger partial charge in [0.1, 0.15) is 17.3 Å². The monoisotopic (exact) mass is 347 g/mol. The Labute approximate surface area is 119 Å². The third-order valence-electron chi connectivity index (χ3n) is 2.43. The van der Waals surface area contributed by atoms with Crippen LogP contribution in [0.2, 0.25) is 0 Å². The highest BCUT2D eigenvalue weighted by Gasteiger charge is 2.16. The summed E-state index contributed by atoms with van der Waals surface area (Å²) in [5.41, 5.74) is -0.779. The highest BCUT2D eigenvalue weighted by atomic mass is 79.9. The average molecular weight is 348 g/mol. The van der Waals surface area contributed by atoms with Crippen LogP contribution in [0.25, 0.3) is 0 Å². The third kappa shape index (κ3) is 2.98. The molecule has 0 saturated carbocycles. The van der Waals surface area contributed by atoms with Crippen LogP contribution in [0.1, 0.15) is 10.4 Å². The lowest BCUT2D eigenvalue weighted by Gasteiger charge is -2.08. The first kappa shape index (κ1) is 14.5. The molecule has 0 aliphatic heterocycles. The van der Waals surface area contributed by atoms with Crippen molar-refractivity contribution in [2.24, 2.45) is 0 Å². The molecule has 7 heteroatoms. The van der Waals surface area contributed by atoms with Crippen LogP contribution < -0.4 is 5.32 Å². The van der Waals surface area contributed by atoms with Gasteiger partial charge in [0, 0.05) is 17.7 Å². The first-order valence-electron chi connectivity index (χ1n) is 5.29. The van der Waals surface area contributed by atoms with E-state index in [0.717, 1.165) is 18.2 Å². The number of hydrogen-bond donors (Lipinski definition) is 1. The fourth-order valence-corrected chi connectivity index (χ4v) is 1.86. The van der Waals surface area contributed by atoms with Crippen LogP contribution in [0.3, 0.4) is 0 Å². The van der Waals surface area contributed by atoms with Crippen molar-refractivity contribution < 1.29 is 22.4 Å². The van der Waals surface area contributed by atoms with E-state index in [4.69, 9.17) is 0 Å². The van der Waals surface area contributed by atoms with E-state index >= 15 is 0 Å². The summed E-state index contributed by atoms with van der Waals surface area (Å²) in [7, 11) is 0.